The molecular weight excluding hydrogens is 615 g/mol. The molecule has 1 heterocycles. The number of benzene rings is 2. The first-order valence-corrected chi connectivity index (χ1v) is 10.7. The predicted molar refractivity (Wildman–Crippen MR) is 109 cm³/mol. The maximum absolute atomic E-state index is 12.9. The van der Waals surface area contributed by atoms with Crippen LogP contribution in [-0.2, 0) is 41.4 Å². The van der Waals surface area contributed by atoms with Crippen LogP contribution in [0.2, 0.25) is 0 Å². The van der Waals surface area contributed by atoms with E-state index < -0.39 is 12.1 Å². The second-order valence-corrected chi connectivity index (χ2v) is 6.72. The van der Waals surface area contributed by atoms with Gasteiger partial charge in [0.15, 0.2) is 0 Å². The molecule has 0 bridgehead atoms. The van der Waals surface area contributed by atoms with Gasteiger partial charge >= 0.3 is 40.2 Å². The molecule has 0 aliphatic carbocycles. The molecule has 2 amide bonds. The summed E-state index contributed by atoms with van der Waals surface area (Å²) in [5.74, 6) is -1.62. The Morgan fingerprint density at radius 1 is 0.879 bits per heavy atom. The molecule has 7 nitrogen and oxygen atoms in total. The zero-order valence-electron chi connectivity index (χ0n) is 17.4. The molecule has 0 aliphatic rings. The van der Waals surface area contributed by atoms with E-state index in [-0.39, 0.29) is 25.0 Å². The van der Waals surface area contributed by atoms with Gasteiger partial charge in [-0.25, -0.2) is 4.79 Å². The van der Waals surface area contributed by atoms with Crippen LogP contribution in [0.15, 0.2) is 59.0 Å². The average Bonchev–Trinajstić information content (AvgIpc) is 3.33. The third kappa shape index (κ3) is 7.29. The molecule has 0 spiro atoms. The summed E-state index contributed by atoms with van der Waals surface area (Å²) >= 11 is 0.611. The Morgan fingerprint density at radius 3 is 1.91 bits per heavy atom. The van der Waals surface area contributed by atoms with E-state index in [1.54, 1.807) is 29.2 Å². The quantitative estimate of drug-likeness (QED) is 0.351. The number of aromatic nitrogens is 2. The Kier molecular flexibility index (Phi) is 9.86. The summed E-state index contributed by atoms with van der Waals surface area (Å²) in [4.78, 5) is 16.1. The van der Waals surface area contributed by atoms with Crippen molar-refractivity contribution in [2.24, 2.45) is 0 Å². The van der Waals surface area contributed by atoms with Crippen molar-refractivity contribution in [1.29, 1.82) is 0 Å². The number of hydrogen-bond donors (Lipinski definition) is 0. The molecule has 0 atom stereocenters. The van der Waals surface area contributed by atoms with E-state index in [1.165, 1.54) is 4.90 Å². The Hall–Kier alpha value is -2.92. The number of amides is 2. The van der Waals surface area contributed by atoms with Crippen LogP contribution < -0.4 is 0 Å². The van der Waals surface area contributed by atoms with Gasteiger partial charge < -0.3 is 28.1 Å². The van der Waals surface area contributed by atoms with Crippen LogP contribution >= 0.6 is 0 Å². The number of halogens is 3. The Labute approximate surface area is 199 Å². The van der Waals surface area contributed by atoms with Crippen molar-refractivity contribution in [2.45, 2.75) is 19.3 Å². The van der Waals surface area contributed by atoms with Crippen molar-refractivity contribution in [2.75, 3.05) is 13.1 Å². The van der Waals surface area contributed by atoms with Crippen LogP contribution in [0.25, 0.3) is 11.5 Å². The van der Waals surface area contributed by atoms with Gasteiger partial charge in [-0.15, -0.1) is 23.3 Å². The van der Waals surface area contributed by atoms with Crippen LogP contribution in [0.4, 0.5) is 18.0 Å². The first kappa shape index (κ1) is 26.3. The second-order valence-electron chi connectivity index (χ2n) is 6.72. The number of nitrogens with zero attached hydrogens (tertiary/aromatic N) is 4. The summed E-state index contributed by atoms with van der Waals surface area (Å²) in [6.45, 7) is 8.79. The molecule has 178 valence electrons. The first-order valence-electron chi connectivity index (χ1n) is 9.62. The standard InChI is InChI=1S/C22H21F3N4O2.O.Os/c1-3-28(4-2)21(30)29(14-16-8-6-5-7-9-16)15-17-10-12-18(13-11-17)19-26-27-20(31-19)22(23,24)25;;/h5-13H,1-4,14-15H2;;/q-2;;. The van der Waals surface area contributed by atoms with Crippen molar-refractivity contribution < 1.29 is 44.5 Å². The molecule has 0 aliphatic heterocycles. The van der Waals surface area contributed by atoms with Crippen LogP contribution in [0.5, 0.6) is 0 Å². The van der Waals surface area contributed by atoms with Gasteiger partial charge in [-0.2, -0.15) is 13.2 Å². The molecule has 0 N–H and O–H groups in total. The Bertz CT molecular complexity index is 1010. The van der Waals surface area contributed by atoms with Crippen LogP contribution in [0, 0.1) is 13.8 Å². The number of hydrogen-bond acceptors (Lipinski definition) is 5. The van der Waals surface area contributed by atoms with Crippen LogP contribution in [-0.4, -0.2) is 39.1 Å². The van der Waals surface area contributed by atoms with Gasteiger partial charge in [-0.3, -0.25) is 0 Å². The Balaban J connectivity index is 0.00000187. The van der Waals surface area contributed by atoms with Crippen molar-refractivity contribution in [3.8, 4) is 11.5 Å². The van der Waals surface area contributed by atoms with Crippen molar-refractivity contribution >= 4 is 6.03 Å². The first-order chi connectivity index (χ1) is 15.8. The van der Waals surface area contributed by atoms with Gasteiger partial charge in [0.2, 0.25) is 5.89 Å². The van der Waals surface area contributed by atoms with Crippen LogP contribution in [0.1, 0.15) is 17.0 Å². The van der Waals surface area contributed by atoms with Crippen molar-refractivity contribution in [3.63, 3.8) is 0 Å². The summed E-state index contributed by atoms with van der Waals surface area (Å²) < 4.78 is 50.9. The third-order valence-corrected chi connectivity index (χ3v) is 4.54. The molecule has 0 saturated heterocycles. The normalized spacial score (nSPS) is 10.8. The maximum atomic E-state index is 12.9. The van der Waals surface area contributed by atoms with E-state index >= 15 is 0 Å². The molecule has 0 unspecified atom stereocenters. The average molecular weight is 637 g/mol. The molecule has 3 rings (SSSR count). The number of alkyl halides is 3. The zero-order chi connectivity index (χ0) is 24.4. The predicted octanol–water partition coefficient (Wildman–Crippen LogP) is 4.73. The second kappa shape index (κ2) is 12.4. The fraction of sp³-hybridized carbons (Fsp3) is 0.227. The van der Waals surface area contributed by atoms with E-state index in [0.717, 1.165) is 11.1 Å². The monoisotopic (exact) mass is 638 g/mol. The number of carbonyl (C=O) groups excluding carboxylic acids is 1. The van der Waals surface area contributed by atoms with Gasteiger partial charge in [0.1, 0.15) is 0 Å². The fourth-order valence-electron chi connectivity index (χ4n) is 2.93. The molecule has 11 heteroatoms. The molecule has 0 fully saturated rings. The van der Waals surface area contributed by atoms with Gasteiger partial charge in [-0.05, 0) is 23.3 Å². The SMILES string of the molecule is [CH2-]CN(C[CH2-])C(=O)N(Cc1ccccc1)Cc1ccc(-c2nnc(C(F)(F)F)o2)cc1.[O]=[Os]. The molecule has 0 radical (unpaired) electrons. The summed E-state index contributed by atoms with van der Waals surface area (Å²) in [7, 11) is 0. The molecule has 2 aromatic carbocycles. The van der Waals surface area contributed by atoms with Crippen LogP contribution in [0.3, 0.4) is 0 Å². The van der Waals surface area contributed by atoms with E-state index in [0.29, 0.717) is 37.2 Å². The minimum absolute atomic E-state index is 0.204. The summed E-state index contributed by atoms with van der Waals surface area (Å²) in [6, 6.07) is 15.9. The molecule has 33 heavy (non-hydrogen) atoms. The van der Waals surface area contributed by atoms with E-state index in [9.17, 15) is 18.0 Å². The van der Waals surface area contributed by atoms with Gasteiger partial charge in [0, 0.05) is 18.7 Å². The summed E-state index contributed by atoms with van der Waals surface area (Å²) in [6.07, 6.45) is -4.70. The zero-order valence-corrected chi connectivity index (χ0v) is 20.0. The molecule has 3 aromatic rings. The van der Waals surface area contributed by atoms with Crippen molar-refractivity contribution in [1.82, 2.24) is 20.0 Å². The van der Waals surface area contributed by atoms with E-state index in [4.69, 9.17) is 7.96 Å². The van der Waals surface area contributed by atoms with Crippen molar-refractivity contribution in [3.05, 3.63) is 85.5 Å². The summed E-state index contributed by atoms with van der Waals surface area (Å²) in [5.41, 5.74) is 2.10. The van der Waals surface area contributed by atoms with E-state index in [1.807, 2.05) is 30.3 Å². The van der Waals surface area contributed by atoms with Gasteiger partial charge in [0.05, 0.1) is 0 Å². The third-order valence-electron chi connectivity index (χ3n) is 4.54. The summed E-state index contributed by atoms with van der Waals surface area (Å²) in [5, 5.41) is 6.48. The number of carbonyl (C=O) groups is 1. The van der Waals surface area contributed by atoms with Gasteiger partial charge in [0.25, 0.3) is 0 Å². The van der Waals surface area contributed by atoms with E-state index in [2.05, 4.69) is 24.0 Å². The minimum atomic E-state index is -4.70. The number of rotatable bonds is 7. The van der Waals surface area contributed by atoms with Gasteiger partial charge in [-0.1, -0.05) is 42.5 Å². The Morgan fingerprint density at radius 2 is 1.42 bits per heavy atom. The number of urea groups is 1. The molecule has 1 aromatic heterocycles. The topological polar surface area (TPSA) is 79.5 Å². The fourth-order valence-corrected chi connectivity index (χ4v) is 2.93. The molecular formula is C22H21F3N4O3Os-2. The molecule has 0 saturated carbocycles.